The number of carboxylic acids is 1. The van der Waals surface area contributed by atoms with E-state index in [9.17, 15) is 14.7 Å². The fourth-order valence-electron chi connectivity index (χ4n) is 3.05. The smallest absolute Gasteiger partial charge is 0.303 e. The van der Waals surface area contributed by atoms with Gasteiger partial charge in [-0.1, -0.05) is 24.5 Å². The Balaban J connectivity index is 1.92. The second-order valence-electron chi connectivity index (χ2n) is 6.72. The molecule has 0 radical (unpaired) electrons. The molecule has 1 fully saturated rings. The van der Waals surface area contributed by atoms with Crippen molar-refractivity contribution in [2.24, 2.45) is 0 Å². The molecule has 1 aliphatic rings. The molecule has 2 rings (SSSR count). The van der Waals surface area contributed by atoms with Crippen molar-refractivity contribution in [2.75, 3.05) is 6.54 Å². The van der Waals surface area contributed by atoms with Gasteiger partial charge in [-0.05, 0) is 30.9 Å². The Morgan fingerprint density at radius 2 is 2.26 bits per heavy atom. The van der Waals surface area contributed by atoms with Gasteiger partial charge in [0, 0.05) is 25.7 Å². The van der Waals surface area contributed by atoms with Gasteiger partial charge >= 0.3 is 5.97 Å². The SMILES string of the molecule is O=C(O)CCCC#CCN1C(=O)CCCCC1/C=C/C(O)Cc1ccoc1. The summed E-state index contributed by atoms with van der Waals surface area (Å²) in [5.74, 6) is 5.20. The molecule has 0 saturated carbocycles. The van der Waals surface area contributed by atoms with Crippen molar-refractivity contribution in [3.05, 3.63) is 36.3 Å². The van der Waals surface area contributed by atoms with Crippen LogP contribution in [0.15, 0.2) is 35.2 Å². The van der Waals surface area contributed by atoms with Crippen molar-refractivity contribution in [2.45, 2.75) is 63.5 Å². The number of carboxylic acid groups (broad SMARTS) is 1. The molecular weight excluding hydrogens is 346 g/mol. The van der Waals surface area contributed by atoms with E-state index in [1.165, 1.54) is 0 Å². The lowest BCUT2D eigenvalue weighted by molar-refractivity contribution is -0.137. The van der Waals surface area contributed by atoms with E-state index in [1.807, 2.05) is 12.1 Å². The standard InChI is InChI=1S/C21H27NO5/c23-19(15-17-12-14-27-16-17)11-10-18-7-4-5-8-20(24)22(18)13-6-2-1-3-9-21(25)26/h10-12,14,16,18-19,23H,1,3-5,7-9,13,15H2,(H,25,26)/b11-10+. The quantitative estimate of drug-likeness (QED) is 0.415. The van der Waals surface area contributed by atoms with E-state index >= 15 is 0 Å². The van der Waals surface area contributed by atoms with Crippen LogP contribution in [-0.2, 0) is 16.0 Å². The summed E-state index contributed by atoms with van der Waals surface area (Å²) in [7, 11) is 0. The number of likely N-dealkylation sites (tertiary alicyclic amines) is 1. The van der Waals surface area contributed by atoms with Gasteiger partial charge in [0.2, 0.25) is 5.91 Å². The van der Waals surface area contributed by atoms with Crippen LogP contribution in [0.4, 0.5) is 0 Å². The Kier molecular flexibility index (Phi) is 8.66. The number of carbonyl (C=O) groups excluding carboxylic acids is 1. The van der Waals surface area contributed by atoms with Crippen LogP contribution in [0.3, 0.4) is 0 Å². The van der Waals surface area contributed by atoms with Crippen LogP contribution in [0.1, 0.15) is 50.5 Å². The van der Waals surface area contributed by atoms with E-state index in [2.05, 4.69) is 11.8 Å². The number of amides is 1. The average molecular weight is 373 g/mol. The maximum atomic E-state index is 12.4. The molecule has 1 aromatic rings. The van der Waals surface area contributed by atoms with Crippen LogP contribution >= 0.6 is 0 Å². The minimum absolute atomic E-state index is 0.0753. The van der Waals surface area contributed by atoms with Crippen LogP contribution < -0.4 is 0 Å². The van der Waals surface area contributed by atoms with Crippen LogP contribution in [0.25, 0.3) is 0 Å². The van der Waals surface area contributed by atoms with E-state index in [0.717, 1.165) is 24.8 Å². The number of nitrogens with zero attached hydrogens (tertiary/aromatic N) is 1. The summed E-state index contributed by atoms with van der Waals surface area (Å²) < 4.78 is 5.01. The summed E-state index contributed by atoms with van der Waals surface area (Å²) in [4.78, 5) is 24.7. The fourth-order valence-corrected chi connectivity index (χ4v) is 3.05. The Morgan fingerprint density at radius 1 is 1.41 bits per heavy atom. The topological polar surface area (TPSA) is 91.0 Å². The molecule has 2 N–H and O–H groups in total. The highest BCUT2D eigenvalue weighted by Crippen LogP contribution is 2.19. The molecule has 146 valence electrons. The summed E-state index contributed by atoms with van der Waals surface area (Å²) in [6.07, 6.45) is 11.0. The van der Waals surface area contributed by atoms with Gasteiger partial charge in [0.15, 0.2) is 0 Å². The number of rotatable bonds is 8. The molecule has 0 bridgehead atoms. The number of carbonyl (C=O) groups is 2. The number of hydrogen-bond acceptors (Lipinski definition) is 4. The van der Waals surface area contributed by atoms with Crippen LogP contribution in [0.2, 0.25) is 0 Å². The van der Waals surface area contributed by atoms with Gasteiger partial charge in [-0.3, -0.25) is 9.59 Å². The number of aliphatic hydroxyl groups excluding tert-OH is 1. The highest BCUT2D eigenvalue weighted by Gasteiger charge is 2.23. The molecule has 2 heterocycles. The van der Waals surface area contributed by atoms with Crippen molar-refractivity contribution < 1.29 is 24.2 Å². The van der Waals surface area contributed by atoms with Gasteiger partial charge in [0.05, 0.1) is 31.2 Å². The number of hydrogen-bond donors (Lipinski definition) is 2. The van der Waals surface area contributed by atoms with Gasteiger partial charge in [0.1, 0.15) is 0 Å². The van der Waals surface area contributed by atoms with E-state index in [-0.39, 0.29) is 18.4 Å². The zero-order chi connectivity index (χ0) is 19.5. The molecule has 0 aliphatic carbocycles. The Morgan fingerprint density at radius 3 is 3.00 bits per heavy atom. The van der Waals surface area contributed by atoms with Gasteiger partial charge in [-0.2, -0.15) is 0 Å². The predicted octanol–water partition coefficient (Wildman–Crippen LogP) is 2.77. The second kappa shape index (κ2) is 11.2. The lowest BCUT2D eigenvalue weighted by Crippen LogP contribution is -2.38. The monoisotopic (exact) mass is 373 g/mol. The third-order valence-electron chi connectivity index (χ3n) is 4.51. The molecular formula is C21H27NO5. The van der Waals surface area contributed by atoms with Crippen molar-refractivity contribution in [1.29, 1.82) is 0 Å². The molecule has 27 heavy (non-hydrogen) atoms. The molecule has 2 unspecified atom stereocenters. The molecule has 1 amide bonds. The van der Waals surface area contributed by atoms with Gasteiger partial charge in [-0.15, -0.1) is 5.92 Å². The first kappa shape index (κ1) is 20.8. The van der Waals surface area contributed by atoms with Crippen molar-refractivity contribution >= 4 is 11.9 Å². The van der Waals surface area contributed by atoms with Crippen LogP contribution in [0, 0.1) is 11.8 Å². The third-order valence-corrected chi connectivity index (χ3v) is 4.51. The number of aliphatic carboxylic acids is 1. The van der Waals surface area contributed by atoms with Gasteiger partial charge in [0.25, 0.3) is 0 Å². The lowest BCUT2D eigenvalue weighted by Gasteiger charge is -2.26. The first-order chi connectivity index (χ1) is 13.1. The zero-order valence-corrected chi connectivity index (χ0v) is 15.5. The molecule has 6 heteroatoms. The minimum atomic E-state index is -0.821. The lowest BCUT2D eigenvalue weighted by atomic mass is 10.1. The van der Waals surface area contributed by atoms with E-state index in [1.54, 1.807) is 23.5 Å². The maximum Gasteiger partial charge on any atom is 0.303 e. The minimum Gasteiger partial charge on any atom is -0.481 e. The van der Waals surface area contributed by atoms with E-state index in [4.69, 9.17) is 9.52 Å². The Hall–Kier alpha value is -2.52. The normalized spacial score (nSPS) is 18.8. The molecule has 1 saturated heterocycles. The average Bonchev–Trinajstić information content (AvgIpc) is 3.07. The fraction of sp³-hybridized carbons (Fsp3) is 0.524. The number of aliphatic hydroxyl groups is 1. The highest BCUT2D eigenvalue weighted by molar-refractivity contribution is 5.77. The van der Waals surface area contributed by atoms with Crippen LogP contribution in [0.5, 0.6) is 0 Å². The van der Waals surface area contributed by atoms with Crippen LogP contribution in [-0.4, -0.2) is 45.7 Å². The second-order valence-corrected chi connectivity index (χ2v) is 6.72. The largest absolute Gasteiger partial charge is 0.481 e. The summed E-state index contributed by atoms with van der Waals surface area (Å²) in [6.45, 7) is 0.332. The van der Waals surface area contributed by atoms with E-state index < -0.39 is 12.1 Å². The summed E-state index contributed by atoms with van der Waals surface area (Å²) >= 11 is 0. The summed E-state index contributed by atoms with van der Waals surface area (Å²) in [5.41, 5.74) is 0.924. The maximum absolute atomic E-state index is 12.4. The Labute approximate surface area is 159 Å². The highest BCUT2D eigenvalue weighted by atomic mass is 16.4. The molecule has 2 atom stereocenters. The molecule has 1 aliphatic heterocycles. The molecule has 6 nitrogen and oxygen atoms in total. The van der Waals surface area contributed by atoms with Crippen molar-refractivity contribution in [3.63, 3.8) is 0 Å². The number of unbranched alkanes of at least 4 members (excludes halogenated alkanes) is 1. The molecule has 0 spiro atoms. The summed E-state index contributed by atoms with van der Waals surface area (Å²) in [6, 6.07) is 1.74. The van der Waals surface area contributed by atoms with Crippen molar-refractivity contribution in [1.82, 2.24) is 4.90 Å². The molecule has 1 aromatic heterocycles. The van der Waals surface area contributed by atoms with Gasteiger partial charge < -0.3 is 19.5 Å². The Bertz CT molecular complexity index is 683. The van der Waals surface area contributed by atoms with Crippen molar-refractivity contribution in [3.8, 4) is 11.8 Å². The third kappa shape index (κ3) is 7.71. The number of furan rings is 1. The summed E-state index contributed by atoms with van der Waals surface area (Å²) in [5, 5.41) is 18.8. The predicted molar refractivity (Wildman–Crippen MR) is 101 cm³/mol. The van der Waals surface area contributed by atoms with E-state index in [0.29, 0.717) is 32.2 Å². The zero-order valence-electron chi connectivity index (χ0n) is 15.5. The first-order valence-electron chi connectivity index (χ1n) is 9.40. The first-order valence-corrected chi connectivity index (χ1v) is 9.40. The van der Waals surface area contributed by atoms with Gasteiger partial charge in [-0.25, -0.2) is 0 Å². The molecule has 0 aromatic carbocycles.